The van der Waals surface area contributed by atoms with E-state index in [1.54, 1.807) is 7.11 Å². The molecule has 0 atom stereocenters. The van der Waals surface area contributed by atoms with Crippen LogP contribution in [0.3, 0.4) is 0 Å². The molecule has 0 spiro atoms. The number of aromatic nitrogens is 4. The number of hydrogen-bond donors (Lipinski definition) is 2. The van der Waals surface area contributed by atoms with Gasteiger partial charge in [-0.05, 0) is 12.5 Å². The standard InChI is InChI=1S/C18H21N5O/c1-13-10-17(23-18(21-13)12-24-2)19-9-8-16-20-11-15(22-16)14-6-4-3-5-7-14/h3-7,10-11H,8-9,12H2,1-2H3,(H,20,22)(H,19,21,23). The molecule has 0 saturated carbocycles. The number of nitrogens with one attached hydrogen (secondary N) is 2. The number of H-pyrrole nitrogens is 1. The highest BCUT2D eigenvalue weighted by atomic mass is 16.5. The van der Waals surface area contributed by atoms with Gasteiger partial charge < -0.3 is 15.0 Å². The highest BCUT2D eigenvalue weighted by molar-refractivity contribution is 5.58. The summed E-state index contributed by atoms with van der Waals surface area (Å²) in [6, 6.07) is 12.1. The van der Waals surface area contributed by atoms with Gasteiger partial charge in [0.1, 0.15) is 18.2 Å². The number of aryl methyl sites for hydroxylation is 1. The first kappa shape index (κ1) is 16.1. The minimum absolute atomic E-state index is 0.412. The average molecular weight is 323 g/mol. The number of anilines is 1. The lowest BCUT2D eigenvalue weighted by molar-refractivity contribution is 0.177. The Morgan fingerprint density at radius 3 is 2.79 bits per heavy atom. The summed E-state index contributed by atoms with van der Waals surface area (Å²) in [5, 5.41) is 3.32. The predicted molar refractivity (Wildman–Crippen MR) is 93.7 cm³/mol. The molecule has 6 nitrogen and oxygen atoms in total. The van der Waals surface area contributed by atoms with Gasteiger partial charge in [0.15, 0.2) is 5.82 Å². The van der Waals surface area contributed by atoms with Crippen molar-refractivity contribution in [1.29, 1.82) is 0 Å². The molecule has 1 aromatic carbocycles. The minimum atomic E-state index is 0.412. The van der Waals surface area contributed by atoms with Gasteiger partial charge in [0, 0.05) is 31.8 Å². The van der Waals surface area contributed by atoms with Gasteiger partial charge in [0.25, 0.3) is 0 Å². The Labute approximate surface area is 141 Å². The number of ether oxygens (including phenoxy) is 1. The van der Waals surface area contributed by atoms with E-state index in [0.717, 1.165) is 41.6 Å². The van der Waals surface area contributed by atoms with Crippen molar-refractivity contribution in [3.05, 3.63) is 59.9 Å². The van der Waals surface area contributed by atoms with E-state index in [1.165, 1.54) is 0 Å². The predicted octanol–water partition coefficient (Wildman–Crippen LogP) is 2.98. The van der Waals surface area contributed by atoms with Gasteiger partial charge in [-0.15, -0.1) is 0 Å². The van der Waals surface area contributed by atoms with Crippen LogP contribution in [0.4, 0.5) is 5.82 Å². The molecule has 3 aromatic rings. The van der Waals surface area contributed by atoms with Crippen LogP contribution in [0.1, 0.15) is 17.3 Å². The van der Waals surface area contributed by atoms with Crippen molar-refractivity contribution in [2.24, 2.45) is 0 Å². The number of aromatic amines is 1. The normalized spacial score (nSPS) is 10.8. The monoisotopic (exact) mass is 323 g/mol. The van der Waals surface area contributed by atoms with Crippen molar-refractivity contribution in [3.63, 3.8) is 0 Å². The van der Waals surface area contributed by atoms with E-state index in [4.69, 9.17) is 4.74 Å². The highest BCUT2D eigenvalue weighted by Gasteiger charge is 2.04. The fourth-order valence-corrected chi connectivity index (χ4v) is 2.48. The first-order valence-corrected chi connectivity index (χ1v) is 7.91. The van der Waals surface area contributed by atoms with Gasteiger partial charge in [-0.1, -0.05) is 30.3 Å². The molecule has 2 aromatic heterocycles. The largest absolute Gasteiger partial charge is 0.377 e. The van der Waals surface area contributed by atoms with Gasteiger partial charge >= 0.3 is 0 Å². The van der Waals surface area contributed by atoms with Crippen LogP contribution in [0.15, 0.2) is 42.6 Å². The lowest BCUT2D eigenvalue weighted by Crippen LogP contribution is -2.10. The summed E-state index contributed by atoms with van der Waals surface area (Å²) < 4.78 is 5.09. The third kappa shape index (κ3) is 4.17. The van der Waals surface area contributed by atoms with E-state index in [2.05, 4.69) is 37.4 Å². The van der Waals surface area contributed by atoms with Crippen molar-refractivity contribution in [2.75, 3.05) is 19.0 Å². The fourth-order valence-electron chi connectivity index (χ4n) is 2.48. The molecule has 0 aliphatic heterocycles. The smallest absolute Gasteiger partial charge is 0.156 e. The molecule has 0 bridgehead atoms. The van der Waals surface area contributed by atoms with E-state index in [0.29, 0.717) is 12.4 Å². The van der Waals surface area contributed by atoms with Crippen LogP contribution < -0.4 is 5.32 Å². The first-order chi connectivity index (χ1) is 11.7. The molecule has 2 heterocycles. The van der Waals surface area contributed by atoms with E-state index >= 15 is 0 Å². The third-order valence-electron chi connectivity index (χ3n) is 3.56. The topological polar surface area (TPSA) is 75.7 Å². The number of nitrogens with zero attached hydrogens (tertiary/aromatic N) is 3. The number of imidazole rings is 1. The third-order valence-corrected chi connectivity index (χ3v) is 3.56. The van der Waals surface area contributed by atoms with Gasteiger partial charge in [0.2, 0.25) is 0 Å². The van der Waals surface area contributed by atoms with Crippen LogP contribution in [0.25, 0.3) is 11.3 Å². The van der Waals surface area contributed by atoms with E-state index in [1.807, 2.05) is 37.4 Å². The maximum Gasteiger partial charge on any atom is 0.156 e. The second kappa shape index (κ2) is 7.70. The van der Waals surface area contributed by atoms with Crippen molar-refractivity contribution < 1.29 is 4.74 Å². The lowest BCUT2D eigenvalue weighted by atomic mass is 10.2. The van der Waals surface area contributed by atoms with Crippen molar-refractivity contribution >= 4 is 5.82 Å². The zero-order chi connectivity index (χ0) is 16.8. The average Bonchev–Trinajstić information content (AvgIpc) is 3.04. The quantitative estimate of drug-likeness (QED) is 0.699. The molecule has 0 amide bonds. The molecule has 0 radical (unpaired) electrons. The second-order valence-corrected chi connectivity index (χ2v) is 5.53. The van der Waals surface area contributed by atoms with Crippen LogP contribution in [-0.2, 0) is 17.8 Å². The summed E-state index contributed by atoms with van der Waals surface area (Å²) in [4.78, 5) is 16.6. The van der Waals surface area contributed by atoms with Crippen molar-refractivity contribution in [3.8, 4) is 11.3 Å². The van der Waals surface area contributed by atoms with Gasteiger partial charge in [0.05, 0.1) is 11.9 Å². The SMILES string of the molecule is COCc1nc(C)cc(NCCc2ncc(-c3ccccc3)[nH]2)n1. The lowest BCUT2D eigenvalue weighted by Gasteiger charge is -2.07. The molecule has 6 heteroatoms. The minimum Gasteiger partial charge on any atom is -0.377 e. The first-order valence-electron chi connectivity index (χ1n) is 7.91. The number of rotatable bonds is 7. The van der Waals surface area contributed by atoms with E-state index in [-0.39, 0.29) is 0 Å². The molecule has 2 N–H and O–H groups in total. The molecule has 0 fully saturated rings. The summed E-state index contributed by atoms with van der Waals surface area (Å²) >= 11 is 0. The van der Waals surface area contributed by atoms with Crippen LogP contribution in [0.2, 0.25) is 0 Å². The second-order valence-electron chi connectivity index (χ2n) is 5.53. The van der Waals surface area contributed by atoms with Crippen LogP contribution >= 0.6 is 0 Å². The van der Waals surface area contributed by atoms with Crippen LogP contribution in [0, 0.1) is 6.92 Å². The Morgan fingerprint density at radius 2 is 2.00 bits per heavy atom. The molecule has 3 rings (SSSR count). The molecule has 0 unspecified atom stereocenters. The summed E-state index contributed by atoms with van der Waals surface area (Å²) in [6.45, 7) is 3.10. The molecule has 124 valence electrons. The Hall–Kier alpha value is -2.73. The molecule has 24 heavy (non-hydrogen) atoms. The maximum atomic E-state index is 5.09. The fraction of sp³-hybridized carbons (Fsp3) is 0.278. The maximum absolute atomic E-state index is 5.09. The summed E-state index contributed by atoms with van der Waals surface area (Å²) in [5.74, 6) is 2.44. The van der Waals surface area contributed by atoms with E-state index < -0.39 is 0 Å². The van der Waals surface area contributed by atoms with Crippen LogP contribution in [0.5, 0.6) is 0 Å². The Balaban J connectivity index is 1.58. The van der Waals surface area contributed by atoms with E-state index in [9.17, 15) is 0 Å². The number of methoxy groups -OCH3 is 1. The van der Waals surface area contributed by atoms with Gasteiger partial charge in [-0.3, -0.25) is 0 Å². The zero-order valence-electron chi connectivity index (χ0n) is 13.9. The van der Waals surface area contributed by atoms with Gasteiger partial charge in [-0.2, -0.15) is 0 Å². The molecular weight excluding hydrogens is 302 g/mol. The Morgan fingerprint density at radius 1 is 1.17 bits per heavy atom. The van der Waals surface area contributed by atoms with Gasteiger partial charge in [-0.25, -0.2) is 15.0 Å². The number of benzene rings is 1. The van der Waals surface area contributed by atoms with Crippen LogP contribution in [-0.4, -0.2) is 33.6 Å². The molecular formula is C18H21N5O. The van der Waals surface area contributed by atoms with Crippen molar-refractivity contribution in [1.82, 2.24) is 19.9 Å². The molecule has 0 aliphatic carbocycles. The zero-order valence-corrected chi connectivity index (χ0v) is 13.9. The number of hydrogen-bond acceptors (Lipinski definition) is 5. The molecule has 0 saturated heterocycles. The van der Waals surface area contributed by atoms with Crippen molar-refractivity contribution in [2.45, 2.75) is 20.0 Å². The Kier molecular flexibility index (Phi) is 5.18. The summed E-state index contributed by atoms with van der Waals surface area (Å²) in [7, 11) is 1.64. The highest BCUT2D eigenvalue weighted by Crippen LogP contribution is 2.16. The summed E-state index contributed by atoms with van der Waals surface area (Å²) in [5.41, 5.74) is 3.09. The Bertz CT molecular complexity index is 785. The molecule has 0 aliphatic rings. The summed E-state index contributed by atoms with van der Waals surface area (Å²) in [6.07, 6.45) is 2.66.